The smallest absolute Gasteiger partial charge is 0.242 e. The van der Waals surface area contributed by atoms with Gasteiger partial charge in [-0.1, -0.05) is 16.7 Å². The molecular weight excluding hydrogens is 238 g/mol. The van der Waals surface area contributed by atoms with Crippen LogP contribution in [-0.2, 0) is 12.8 Å². The van der Waals surface area contributed by atoms with Crippen LogP contribution in [0, 0.1) is 0 Å². The maximum Gasteiger partial charge on any atom is 0.400 e. The molecule has 0 aromatic carbocycles. The molecule has 1 N–H and O–H groups in total. The second-order valence-corrected chi connectivity index (χ2v) is 4.45. The van der Waals surface area contributed by atoms with E-state index in [-0.39, 0.29) is 0 Å². The minimum absolute atomic E-state index is 0.775. The molecule has 0 atom stereocenters. The summed E-state index contributed by atoms with van der Waals surface area (Å²) in [7, 11) is 1.82. The van der Waals surface area contributed by atoms with E-state index in [2.05, 4.69) is 25.5 Å². The fourth-order valence-corrected chi connectivity index (χ4v) is 2.23. The van der Waals surface area contributed by atoms with Crippen molar-refractivity contribution in [2.75, 3.05) is 0 Å². The number of aromatic amines is 1. The van der Waals surface area contributed by atoms with Gasteiger partial charge in [0, 0.05) is 13.1 Å². The van der Waals surface area contributed by atoms with E-state index in [0.717, 1.165) is 22.4 Å². The molecule has 17 heavy (non-hydrogen) atoms. The Morgan fingerprint density at radius 2 is 2.47 bits per heavy atom. The number of thioether (sulfide) groups is 1. The molecule has 0 aliphatic heterocycles. The normalized spacial score (nSPS) is 11.1. The van der Waals surface area contributed by atoms with Crippen molar-refractivity contribution >= 4 is 17.5 Å². The minimum atomic E-state index is 0.775. The number of hydrogen-bond acceptors (Lipinski definition) is 5. The summed E-state index contributed by atoms with van der Waals surface area (Å²) in [6.07, 6.45) is 5.73. The highest BCUT2D eigenvalue weighted by atomic mass is 32.2. The SMILES string of the molecule is Cn1nnnc1SCc1c[n+]2cccnc2[nH]1. The monoisotopic (exact) mass is 248 g/mol. The van der Waals surface area contributed by atoms with E-state index < -0.39 is 0 Å². The van der Waals surface area contributed by atoms with E-state index in [1.54, 1.807) is 22.6 Å². The zero-order chi connectivity index (χ0) is 11.7. The van der Waals surface area contributed by atoms with E-state index in [9.17, 15) is 0 Å². The third-order valence-corrected chi connectivity index (χ3v) is 3.34. The molecule has 8 heteroatoms. The standard InChI is InChI=1S/C9H9N7S/c1-15-9(12-13-14-15)17-6-7-5-16-4-2-3-10-8(16)11-7/h2-5H,6H2,1H3/p+1. The van der Waals surface area contributed by atoms with Crippen LogP contribution in [0.1, 0.15) is 5.69 Å². The molecule has 0 saturated heterocycles. The van der Waals surface area contributed by atoms with Gasteiger partial charge in [0.1, 0.15) is 18.1 Å². The lowest BCUT2D eigenvalue weighted by Crippen LogP contribution is -2.17. The highest BCUT2D eigenvalue weighted by molar-refractivity contribution is 7.98. The molecule has 3 aromatic rings. The predicted octanol–water partition coefficient (Wildman–Crippen LogP) is -0.0358. The molecule has 0 aliphatic rings. The molecule has 3 heterocycles. The Morgan fingerprint density at radius 3 is 3.24 bits per heavy atom. The molecular formula is C9H10N7S+. The predicted molar refractivity (Wildman–Crippen MR) is 60.1 cm³/mol. The van der Waals surface area contributed by atoms with Crippen molar-refractivity contribution in [1.82, 2.24) is 30.2 Å². The van der Waals surface area contributed by atoms with Crippen molar-refractivity contribution in [3.63, 3.8) is 0 Å². The average molecular weight is 248 g/mol. The zero-order valence-corrected chi connectivity index (χ0v) is 9.92. The summed E-state index contributed by atoms with van der Waals surface area (Å²) in [4.78, 5) is 7.45. The minimum Gasteiger partial charge on any atom is -0.242 e. The van der Waals surface area contributed by atoms with Crippen molar-refractivity contribution in [2.24, 2.45) is 7.05 Å². The molecule has 0 radical (unpaired) electrons. The van der Waals surface area contributed by atoms with Crippen LogP contribution in [-0.4, -0.2) is 30.2 Å². The lowest BCUT2D eigenvalue weighted by Gasteiger charge is -1.93. The zero-order valence-electron chi connectivity index (χ0n) is 9.11. The molecule has 7 nitrogen and oxygen atoms in total. The number of aryl methyl sites for hydroxylation is 1. The number of rotatable bonds is 3. The third-order valence-electron chi connectivity index (χ3n) is 2.28. The molecule has 0 aliphatic carbocycles. The summed E-state index contributed by atoms with van der Waals surface area (Å²) in [6, 6.07) is 1.89. The van der Waals surface area contributed by atoms with Gasteiger partial charge in [0.2, 0.25) is 5.16 Å². The van der Waals surface area contributed by atoms with E-state index in [1.807, 2.05) is 29.9 Å². The van der Waals surface area contributed by atoms with Gasteiger partial charge in [0.15, 0.2) is 0 Å². The Balaban J connectivity index is 1.79. The summed E-state index contributed by atoms with van der Waals surface area (Å²) < 4.78 is 3.60. The van der Waals surface area contributed by atoms with Crippen LogP contribution in [0.3, 0.4) is 0 Å². The molecule has 3 aromatic heterocycles. The van der Waals surface area contributed by atoms with Crippen molar-refractivity contribution in [3.8, 4) is 0 Å². The Hall–Kier alpha value is -1.96. The molecule has 0 fully saturated rings. The van der Waals surface area contributed by atoms with E-state index in [4.69, 9.17) is 0 Å². The van der Waals surface area contributed by atoms with Crippen LogP contribution in [0.4, 0.5) is 0 Å². The number of nitrogens with zero attached hydrogens (tertiary/aromatic N) is 6. The van der Waals surface area contributed by atoms with Crippen LogP contribution in [0.2, 0.25) is 0 Å². The van der Waals surface area contributed by atoms with Gasteiger partial charge in [-0.2, -0.15) is 0 Å². The molecule has 0 amide bonds. The second-order valence-electron chi connectivity index (χ2n) is 3.50. The largest absolute Gasteiger partial charge is 0.400 e. The van der Waals surface area contributed by atoms with Gasteiger partial charge in [0.25, 0.3) is 0 Å². The Bertz CT molecular complexity index is 610. The third kappa shape index (κ3) is 1.98. The van der Waals surface area contributed by atoms with Gasteiger partial charge < -0.3 is 0 Å². The quantitative estimate of drug-likeness (QED) is 0.520. The Kier molecular flexibility index (Phi) is 2.48. The molecule has 86 valence electrons. The first-order valence-electron chi connectivity index (χ1n) is 5.02. The first kappa shape index (κ1) is 10.2. The topological polar surface area (TPSA) is 76.4 Å². The number of tetrazole rings is 1. The number of imidazole rings is 1. The Morgan fingerprint density at radius 1 is 1.53 bits per heavy atom. The summed E-state index contributed by atoms with van der Waals surface area (Å²) in [5.41, 5.74) is 1.08. The molecule has 3 rings (SSSR count). The fraction of sp³-hybridized carbons (Fsp3) is 0.222. The number of fused-ring (bicyclic) bond motifs is 1. The van der Waals surface area contributed by atoms with E-state index in [1.165, 1.54) is 0 Å². The van der Waals surface area contributed by atoms with Gasteiger partial charge in [-0.15, -0.1) is 5.10 Å². The second kappa shape index (κ2) is 4.13. The summed E-state index contributed by atoms with van der Waals surface area (Å²) >= 11 is 1.58. The maximum absolute atomic E-state index is 4.22. The number of H-pyrrole nitrogens is 1. The van der Waals surface area contributed by atoms with Gasteiger partial charge >= 0.3 is 5.78 Å². The lowest BCUT2D eigenvalue weighted by molar-refractivity contribution is -0.512. The first-order valence-corrected chi connectivity index (χ1v) is 6.00. The highest BCUT2D eigenvalue weighted by Crippen LogP contribution is 2.17. The van der Waals surface area contributed by atoms with Crippen molar-refractivity contribution < 1.29 is 4.40 Å². The van der Waals surface area contributed by atoms with Crippen molar-refractivity contribution in [1.29, 1.82) is 0 Å². The molecule has 0 bridgehead atoms. The van der Waals surface area contributed by atoms with Crippen molar-refractivity contribution in [3.05, 3.63) is 30.4 Å². The fourth-order valence-electron chi connectivity index (χ4n) is 1.49. The van der Waals surface area contributed by atoms with E-state index >= 15 is 0 Å². The van der Waals surface area contributed by atoms with Crippen LogP contribution in [0.15, 0.2) is 29.8 Å². The number of nitrogens with one attached hydrogen (secondary N) is 1. The van der Waals surface area contributed by atoms with Gasteiger partial charge in [-0.25, -0.2) is 14.1 Å². The highest BCUT2D eigenvalue weighted by Gasteiger charge is 2.10. The summed E-state index contributed by atoms with van der Waals surface area (Å²) in [5, 5.41) is 12.1. The number of hydrogen-bond donors (Lipinski definition) is 1. The molecule has 0 spiro atoms. The van der Waals surface area contributed by atoms with Gasteiger partial charge in [0.05, 0.1) is 11.9 Å². The lowest BCUT2D eigenvalue weighted by atomic mass is 10.6. The van der Waals surface area contributed by atoms with E-state index in [0.29, 0.717) is 0 Å². The molecule has 0 saturated carbocycles. The number of aromatic nitrogens is 7. The average Bonchev–Trinajstić information content (AvgIpc) is 2.92. The van der Waals surface area contributed by atoms with Crippen LogP contribution in [0.5, 0.6) is 0 Å². The molecule has 0 unspecified atom stereocenters. The van der Waals surface area contributed by atoms with Crippen LogP contribution < -0.4 is 4.40 Å². The summed E-state index contributed by atoms with van der Waals surface area (Å²) in [5.74, 6) is 1.61. The van der Waals surface area contributed by atoms with Crippen LogP contribution >= 0.6 is 11.8 Å². The van der Waals surface area contributed by atoms with Crippen molar-refractivity contribution in [2.45, 2.75) is 10.9 Å². The maximum atomic E-state index is 4.22. The van der Waals surface area contributed by atoms with Crippen LogP contribution in [0.25, 0.3) is 5.78 Å². The first-order chi connectivity index (χ1) is 8.33. The van der Waals surface area contributed by atoms with Gasteiger partial charge in [-0.05, 0) is 10.4 Å². The summed E-state index contributed by atoms with van der Waals surface area (Å²) in [6.45, 7) is 0. The van der Waals surface area contributed by atoms with Gasteiger partial charge in [-0.3, -0.25) is 0 Å². The Labute approximate surface area is 101 Å².